The molecule has 1 aliphatic rings. The maximum Gasteiger partial charge on any atom is 0.0445 e. The molecule has 1 saturated carbocycles. The van der Waals surface area contributed by atoms with E-state index >= 15 is 0 Å². The molecule has 0 aromatic carbocycles. The molecule has 72 valence electrons. The first kappa shape index (κ1) is 10.0. The Labute approximate surface area is 75.2 Å². The van der Waals surface area contributed by atoms with E-state index < -0.39 is 0 Å². The van der Waals surface area contributed by atoms with Crippen molar-refractivity contribution in [1.29, 1.82) is 0 Å². The van der Waals surface area contributed by atoms with E-state index in [1.165, 1.54) is 25.7 Å². The number of aliphatic hydroxyl groups excluding tert-OH is 1. The minimum absolute atomic E-state index is 0.207. The smallest absolute Gasteiger partial charge is 0.0445 e. The predicted octanol–water partition coefficient (Wildman–Crippen LogP) is 1.52. The van der Waals surface area contributed by atoms with Crippen LogP contribution in [0.4, 0.5) is 0 Å². The van der Waals surface area contributed by atoms with Gasteiger partial charge in [-0.3, -0.25) is 0 Å². The van der Waals surface area contributed by atoms with E-state index in [-0.39, 0.29) is 12.6 Å². The number of hydrogen-bond acceptors (Lipinski definition) is 2. The Hall–Kier alpha value is -0.0800. The van der Waals surface area contributed by atoms with E-state index in [9.17, 15) is 0 Å². The second kappa shape index (κ2) is 4.83. The van der Waals surface area contributed by atoms with E-state index in [2.05, 4.69) is 6.92 Å². The Balaban J connectivity index is 2.29. The molecule has 12 heavy (non-hydrogen) atoms. The molecule has 2 unspecified atom stereocenters. The summed E-state index contributed by atoms with van der Waals surface area (Å²) in [5.41, 5.74) is 5.95. The third-order valence-corrected chi connectivity index (χ3v) is 3.28. The lowest BCUT2D eigenvalue weighted by atomic mass is 9.85. The number of rotatable bonds is 4. The third kappa shape index (κ3) is 2.46. The average Bonchev–Trinajstić information content (AvgIpc) is 2.55. The molecule has 2 atom stereocenters. The quantitative estimate of drug-likeness (QED) is 0.673. The highest BCUT2D eigenvalue weighted by Crippen LogP contribution is 2.32. The van der Waals surface area contributed by atoms with Crippen LogP contribution in [0.5, 0.6) is 0 Å². The maximum atomic E-state index is 8.75. The summed E-state index contributed by atoms with van der Waals surface area (Å²) in [6.07, 6.45) is 6.21. The molecule has 1 rings (SSSR count). The van der Waals surface area contributed by atoms with E-state index in [0.717, 1.165) is 12.3 Å². The van der Waals surface area contributed by atoms with Gasteiger partial charge in [0, 0.05) is 12.6 Å². The first-order valence-corrected chi connectivity index (χ1v) is 5.12. The third-order valence-electron chi connectivity index (χ3n) is 3.28. The normalized spacial score (nSPS) is 24.2. The molecule has 0 aliphatic heterocycles. The summed E-state index contributed by atoms with van der Waals surface area (Å²) < 4.78 is 0. The summed E-state index contributed by atoms with van der Waals surface area (Å²) in [5, 5.41) is 8.75. The number of aliphatic hydroxyl groups is 1. The molecule has 0 radical (unpaired) electrons. The van der Waals surface area contributed by atoms with Crippen LogP contribution in [0.25, 0.3) is 0 Å². The van der Waals surface area contributed by atoms with Crippen LogP contribution in [0.3, 0.4) is 0 Å². The van der Waals surface area contributed by atoms with Gasteiger partial charge in [-0.1, -0.05) is 32.6 Å². The topological polar surface area (TPSA) is 46.2 Å². The van der Waals surface area contributed by atoms with Crippen molar-refractivity contribution >= 4 is 0 Å². The zero-order valence-electron chi connectivity index (χ0n) is 8.00. The Kier molecular flexibility index (Phi) is 4.02. The van der Waals surface area contributed by atoms with Crippen LogP contribution in [0.15, 0.2) is 0 Å². The van der Waals surface area contributed by atoms with Crippen molar-refractivity contribution in [2.75, 3.05) is 6.61 Å². The van der Waals surface area contributed by atoms with Crippen molar-refractivity contribution in [3.8, 4) is 0 Å². The Morgan fingerprint density at radius 3 is 2.50 bits per heavy atom. The molecule has 3 N–H and O–H groups in total. The molecule has 1 fully saturated rings. The second-order valence-corrected chi connectivity index (χ2v) is 4.08. The first-order chi connectivity index (χ1) is 5.75. The van der Waals surface area contributed by atoms with Crippen LogP contribution in [-0.2, 0) is 0 Å². The minimum Gasteiger partial charge on any atom is -0.396 e. The Morgan fingerprint density at radius 2 is 2.00 bits per heavy atom. The lowest BCUT2D eigenvalue weighted by molar-refractivity contribution is 0.231. The molecule has 0 aromatic heterocycles. The highest BCUT2D eigenvalue weighted by molar-refractivity contribution is 4.79. The standard InChI is InChI=1S/C10H21NO/c1-8(10(11)6-7-12)9-4-2-3-5-9/h8-10,12H,2-7,11H2,1H3. The highest BCUT2D eigenvalue weighted by Gasteiger charge is 2.25. The zero-order chi connectivity index (χ0) is 8.97. The van der Waals surface area contributed by atoms with E-state index in [0.29, 0.717) is 5.92 Å². The molecule has 0 spiro atoms. The van der Waals surface area contributed by atoms with Gasteiger partial charge in [0.25, 0.3) is 0 Å². The average molecular weight is 171 g/mol. The monoisotopic (exact) mass is 171 g/mol. The summed E-state index contributed by atoms with van der Waals surface area (Å²) in [6, 6.07) is 0.207. The van der Waals surface area contributed by atoms with E-state index in [1.54, 1.807) is 0 Å². The largest absolute Gasteiger partial charge is 0.396 e. The lowest BCUT2D eigenvalue weighted by Crippen LogP contribution is -2.33. The zero-order valence-corrected chi connectivity index (χ0v) is 8.00. The van der Waals surface area contributed by atoms with Gasteiger partial charge in [-0.25, -0.2) is 0 Å². The predicted molar refractivity (Wildman–Crippen MR) is 50.8 cm³/mol. The summed E-state index contributed by atoms with van der Waals surface area (Å²) >= 11 is 0. The molecular formula is C10H21NO. The van der Waals surface area contributed by atoms with Crippen molar-refractivity contribution in [1.82, 2.24) is 0 Å². The first-order valence-electron chi connectivity index (χ1n) is 5.12. The van der Waals surface area contributed by atoms with Crippen LogP contribution < -0.4 is 5.73 Å². The number of hydrogen-bond donors (Lipinski definition) is 2. The van der Waals surface area contributed by atoms with Crippen LogP contribution >= 0.6 is 0 Å². The lowest BCUT2D eigenvalue weighted by Gasteiger charge is -2.24. The SMILES string of the molecule is CC(C(N)CCO)C1CCCC1. The van der Waals surface area contributed by atoms with E-state index in [1.807, 2.05) is 0 Å². The van der Waals surface area contributed by atoms with Crippen molar-refractivity contribution in [3.63, 3.8) is 0 Å². The van der Waals surface area contributed by atoms with Crippen molar-refractivity contribution in [3.05, 3.63) is 0 Å². The van der Waals surface area contributed by atoms with Gasteiger partial charge in [0.2, 0.25) is 0 Å². The van der Waals surface area contributed by atoms with Gasteiger partial charge in [-0.05, 0) is 18.3 Å². The molecule has 2 heteroatoms. The maximum absolute atomic E-state index is 8.75. The molecule has 2 nitrogen and oxygen atoms in total. The van der Waals surface area contributed by atoms with Crippen LogP contribution in [-0.4, -0.2) is 17.8 Å². The van der Waals surface area contributed by atoms with Crippen molar-refractivity contribution < 1.29 is 5.11 Å². The van der Waals surface area contributed by atoms with Crippen LogP contribution in [0, 0.1) is 11.8 Å². The fourth-order valence-electron chi connectivity index (χ4n) is 2.24. The van der Waals surface area contributed by atoms with Gasteiger partial charge in [0.1, 0.15) is 0 Å². The Bertz CT molecular complexity index is 121. The van der Waals surface area contributed by atoms with Crippen molar-refractivity contribution in [2.45, 2.75) is 45.1 Å². The molecule has 0 amide bonds. The molecule has 0 saturated heterocycles. The van der Waals surface area contributed by atoms with Crippen LogP contribution in [0.2, 0.25) is 0 Å². The molecule has 0 heterocycles. The number of nitrogens with two attached hydrogens (primary N) is 1. The molecule has 1 aliphatic carbocycles. The fourth-order valence-corrected chi connectivity index (χ4v) is 2.24. The molecule has 0 aromatic rings. The molecular weight excluding hydrogens is 150 g/mol. The summed E-state index contributed by atoms with van der Waals surface area (Å²) in [6.45, 7) is 2.47. The summed E-state index contributed by atoms with van der Waals surface area (Å²) in [5.74, 6) is 1.42. The minimum atomic E-state index is 0.207. The van der Waals surface area contributed by atoms with E-state index in [4.69, 9.17) is 10.8 Å². The van der Waals surface area contributed by atoms with Gasteiger partial charge in [-0.15, -0.1) is 0 Å². The highest BCUT2D eigenvalue weighted by atomic mass is 16.3. The van der Waals surface area contributed by atoms with Gasteiger partial charge >= 0.3 is 0 Å². The Morgan fingerprint density at radius 1 is 1.42 bits per heavy atom. The van der Waals surface area contributed by atoms with Crippen molar-refractivity contribution in [2.24, 2.45) is 17.6 Å². The summed E-state index contributed by atoms with van der Waals surface area (Å²) in [7, 11) is 0. The van der Waals surface area contributed by atoms with Gasteiger partial charge in [0.15, 0.2) is 0 Å². The van der Waals surface area contributed by atoms with Gasteiger partial charge in [0.05, 0.1) is 0 Å². The van der Waals surface area contributed by atoms with Crippen LogP contribution in [0.1, 0.15) is 39.0 Å². The van der Waals surface area contributed by atoms with Gasteiger partial charge in [-0.2, -0.15) is 0 Å². The second-order valence-electron chi connectivity index (χ2n) is 4.08. The fraction of sp³-hybridized carbons (Fsp3) is 1.00. The molecule has 0 bridgehead atoms. The van der Waals surface area contributed by atoms with Gasteiger partial charge < -0.3 is 10.8 Å². The summed E-state index contributed by atoms with van der Waals surface area (Å²) in [4.78, 5) is 0.